The number of rotatable bonds is 7. The van der Waals surface area contributed by atoms with Crippen molar-refractivity contribution in [3.63, 3.8) is 0 Å². The number of likely N-dealkylation sites (tertiary alicyclic amines) is 1. The Labute approximate surface area is 179 Å². The highest BCUT2D eigenvalue weighted by Crippen LogP contribution is 2.27. The van der Waals surface area contributed by atoms with Gasteiger partial charge in [-0.2, -0.15) is 4.98 Å². The van der Waals surface area contributed by atoms with Crippen LogP contribution in [0.4, 0.5) is 10.5 Å². The summed E-state index contributed by atoms with van der Waals surface area (Å²) in [5.74, 6) is 1.42. The van der Waals surface area contributed by atoms with Crippen LogP contribution in [0.1, 0.15) is 29.6 Å². The van der Waals surface area contributed by atoms with Crippen molar-refractivity contribution in [2.45, 2.75) is 25.4 Å². The van der Waals surface area contributed by atoms with Crippen LogP contribution in [0.15, 0.2) is 59.1 Å². The molecule has 1 unspecified atom stereocenters. The molecule has 0 aliphatic carbocycles. The topological polar surface area (TPSA) is 110 Å². The van der Waals surface area contributed by atoms with Gasteiger partial charge in [0.25, 0.3) is 0 Å². The summed E-state index contributed by atoms with van der Waals surface area (Å²) < 4.78 is 10.3. The average molecular weight is 421 g/mol. The molecule has 1 aliphatic rings. The summed E-state index contributed by atoms with van der Waals surface area (Å²) in [6.45, 7) is 1.19. The Balaban J connectivity index is 1.28. The number of hydrogen-bond donors (Lipinski definition) is 2. The molecule has 1 atom stereocenters. The Morgan fingerprint density at radius 3 is 2.71 bits per heavy atom. The maximum atomic E-state index is 12.4. The number of hydrogen-bond acceptors (Lipinski definition) is 6. The van der Waals surface area contributed by atoms with Crippen molar-refractivity contribution in [1.82, 2.24) is 20.4 Å². The van der Waals surface area contributed by atoms with Gasteiger partial charge in [0.05, 0.1) is 13.7 Å². The average Bonchev–Trinajstić information content (AvgIpc) is 3.40. The van der Waals surface area contributed by atoms with E-state index in [1.165, 1.54) is 0 Å². The molecule has 0 saturated carbocycles. The summed E-state index contributed by atoms with van der Waals surface area (Å²) >= 11 is 0. The molecule has 0 radical (unpaired) electrons. The number of aromatic nitrogens is 2. The lowest BCUT2D eigenvalue weighted by Gasteiger charge is -2.15. The number of methoxy groups -OCH3 is 1. The smallest absolute Gasteiger partial charge is 0.319 e. The Hall–Kier alpha value is -3.88. The van der Waals surface area contributed by atoms with Crippen molar-refractivity contribution in [2.24, 2.45) is 0 Å². The van der Waals surface area contributed by atoms with Crippen LogP contribution >= 0.6 is 0 Å². The minimum Gasteiger partial charge on any atom is -0.497 e. The number of amides is 3. The normalized spacial score (nSPS) is 15.7. The number of urea groups is 1. The van der Waals surface area contributed by atoms with Crippen molar-refractivity contribution in [3.8, 4) is 5.75 Å². The lowest BCUT2D eigenvalue weighted by Crippen LogP contribution is -2.28. The van der Waals surface area contributed by atoms with Gasteiger partial charge in [0.15, 0.2) is 5.82 Å². The number of carbonyl (C=O) groups excluding carboxylic acids is 2. The van der Waals surface area contributed by atoms with Gasteiger partial charge >= 0.3 is 6.03 Å². The molecule has 31 heavy (non-hydrogen) atoms. The molecular weight excluding hydrogens is 398 g/mol. The van der Waals surface area contributed by atoms with Crippen LogP contribution in [0.25, 0.3) is 0 Å². The fourth-order valence-electron chi connectivity index (χ4n) is 3.41. The van der Waals surface area contributed by atoms with Gasteiger partial charge in [0, 0.05) is 31.1 Å². The van der Waals surface area contributed by atoms with E-state index in [-0.39, 0.29) is 24.3 Å². The first-order valence-electron chi connectivity index (χ1n) is 9.94. The Morgan fingerprint density at radius 1 is 1.19 bits per heavy atom. The third-order valence-corrected chi connectivity index (χ3v) is 5.03. The van der Waals surface area contributed by atoms with Crippen LogP contribution in [-0.4, -0.2) is 40.6 Å². The molecule has 0 bridgehead atoms. The van der Waals surface area contributed by atoms with Gasteiger partial charge < -0.3 is 24.8 Å². The molecule has 9 heteroatoms. The first-order valence-corrected chi connectivity index (χ1v) is 9.94. The molecule has 160 valence electrons. The second-order valence-electron chi connectivity index (χ2n) is 7.24. The van der Waals surface area contributed by atoms with E-state index < -0.39 is 6.03 Å². The zero-order chi connectivity index (χ0) is 21.6. The Kier molecular flexibility index (Phi) is 6.11. The maximum absolute atomic E-state index is 12.4. The quantitative estimate of drug-likeness (QED) is 0.607. The van der Waals surface area contributed by atoms with Crippen LogP contribution in [0.5, 0.6) is 5.75 Å². The molecule has 1 aliphatic heterocycles. The molecule has 0 spiro atoms. The number of anilines is 1. The number of nitrogens with zero attached hydrogens (tertiary/aromatic N) is 3. The summed E-state index contributed by atoms with van der Waals surface area (Å²) in [6, 6.07) is 16.4. The molecule has 4 rings (SSSR count). The molecule has 1 saturated heterocycles. The van der Waals surface area contributed by atoms with Crippen molar-refractivity contribution < 1.29 is 18.8 Å². The van der Waals surface area contributed by atoms with Gasteiger partial charge in [-0.15, -0.1) is 0 Å². The molecule has 9 nitrogen and oxygen atoms in total. The van der Waals surface area contributed by atoms with E-state index in [4.69, 9.17) is 9.26 Å². The fraction of sp³-hybridized carbons (Fsp3) is 0.273. The van der Waals surface area contributed by atoms with Crippen LogP contribution in [-0.2, 0) is 17.9 Å². The molecule has 1 fully saturated rings. The molecule has 2 heterocycles. The van der Waals surface area contributed by atoms with Crippen molar-refractivity contribution in [2.75, 3.05) is 19.0 Å². The second kappa shape index (κ2) is 9.29. The lowest BCUT2D eigenvalue weighted by atomic mass is 10.1. The van der Waals surface area contributed by atoms with E-state index >= 15 is 0 Å². The summed E-state index contributed by atoms with van der Waals surface area (Å²) in [7, 11) is 1.58. The zero-order valence-corrected chi connectivity index (χ0v) is 17.1. The monoisotopic (exact) mass is 421 g/mol. The summed E-state index contributed by atoms with van der Waals surface area (Å²) in [6.07, 6.45) is 0.344. The summed E-state index contributed by atoms with van der Waals surface area (Å²) in [5, 5.41) is 9.39. The Bertz CT molecular complexity index is 1040. The summed E-state index contributed by atoms with van der Waals surface area (Å²) in [5.41, 5.74) is 1.71. The zero-order valence-electron chi connectivity index (χ0n) is 17.1. The van der Waals surface area contributed by atoms with Crippen LogP contribution in [0, 0.1) is 0 Å². The Morgan fingerprint density at radius 2 is 1.97 bits per heavy atom. The number of ether oxygens (including phenoxy) is 1. The standard InChI is InChI=1S/C22H23N5O4/c1-30-18-9-7-17(8-10-18)24-22(29)23-12-19-25-21(26-31-19)16-11-20(28)27(14-16)13-15-5-3-2-4-6-15/h2-10,16H,11-14H2,1H3,(H2,23,24,29). The maximum Gasteiger partial charge on any atom is 0.319 e. The van der Waals surface area contributed by atoms with Gasteiger partial charge in [-0.1, -0.05) is 35.5 Å². The second-order valence-corrected chi connectivity index (χ2v) is 7.24. The number of benzene rings is 2. The fourth-order valence-corrected chi connectivity index (χ4v) is 3.41. The molecule has 1 aromatic heterocycles. The molecule has 2 aromatic carbocycles. The van der Waals surface area contributed by atoms with Gasteiger partial charge in [-0.3, -0.25) is 4.79 Å². The molecule has 3 amide bonds. The molecular formula is C22H23N5O4. The van der Waals surface area contributed by atoms with E-state index in [9.17, 15) is 9.59 Å². The van der Waals surface area contributed by atoms with Crippen LogP contribution in [0.2, 0.25) is 0 Å². The van der Waals surface area contributed by atoms with Crippen LogP contribution in [0.3, 0.4) is 0 Å². The van der Waals surface area contributed by atoms with Gasteiger partial charge in [-0.25, -0.2) is 4.79 Å². The van der Waals surface area contributed by atoms with Crippen molar-refractivity contribution >= 4 is 17.6 Å². The van der Waals surface area contributed by atoms with E-state index in [1.54, 1.807) is 36.3 Å². The third kappa shape index (κ3) is 5.19. The van der Waals surface area contributed by atoms with E-state index in [0.717, 1.165) is 5.56 Å². The van der Waals surface area contributed by atoms with Crippen molar-refractivity contribution in [1.29, 1.82) is 0 Å². The molecule has 2 N–H and O–H groups in total. The van der Waals surface area contributed by atoms with E-state index in [0.29, 0.717) is 36.8 Å². The predicted molar refractivity (Wildman–Crippen MR) is 112 cm³/mol. The predicted octanol–water partition coefficient (Wildman–Crippen LogP) is 2.92. The van der Waals surface area contributed by atoms with Gasteiger partial charge in [0.1, 0.15) is 5.75 Å². The first kappa shape index (κ1) is 20.4. The van der Waals surface area contributed by atoms with Crippen LogP contribution < -0.4 is 15.4 Å². The third-order valence-electron chi connectivity index (χ3n) is 5.03. The minimum atomic E-state index is -0.394. The SMILES string of the molecule is COc1ccc(NC(=O)NCc2nc(C3CC(=O)N(Cc4ccccc4)C3)no2)cc1. The van der Waals surface area contributed by atoms with Gasteiger partial charge in [0.2, 0.25) is 11.8 Å². The molecule has 3 aromatic rings. The highest BCUT2D eigenvalue weighted by molar-refractivity contribution is 5.89. The highest BCUT2D eigenvalue weighted by atomic mass is 16.5. The number of carbonyl (C=O) groups is 2. The van der Waals surface area contributed by atoms with Crippen molar-refractivity contribution in [3.05, 3.63) is 71.9 Å². The van der Waals surface area contributed by atoms with E-state index in [2.05, 4.69) is 20.8 Å². The minimum absolute atomic E-state index is 0.0668. The largest absolute Gasteiger partial charge is 0.497 e. The number of nitrogens with one attached hydrogen (secondary N) is 2. The summed E-state index contributed by atoms with van der Waals surface area (Å²) in [4.78, 5) is 30.6. The highest BCUT2D eigenvalue weighted by Gasteiger charge is 2.33. The van der Waals surface area contributed by atoms with Gasteiger partial charge in [-0.05, 0) is 29.8 Å². The van der Waals surface area contributed by atoms with E-state index in [1.807, 2.05) is 30.3 Å². The lowest BCUT2D eigenvalue weighted by molar-refractivity contribution is -0.128. The first-order chi connectivity index (χ1) is 15.1.